The second kappa shape index (κ2) is 10.0. The SMILES string of the molecule is C=C1CCC2(OCCCc3ccccc3)[C@H]3Cc4ccc(OCc5ccccc5)c5c4[C@@]2(CCN3CC2CC2)[C@H]1O5. The van der Waals surface area contributed by atoms with Crippen molar-refractivity contribution in [2.75, 3.05) is 19.7 Å². The fraction of sp³-hybridized carbons (Fsp3) is 0.459. The van der Waals surface area contributed by atoms with Gasteiger partial charge in [-0.2, -0.15) is 0 Å². The molecule has 1 spiro atoms. The number of hydrogen-bond acceptors (Lipinski definition) is 4. The quantitative estimate of drug-likeness (QED) is 0.201. The Morgan fingerprint density at radius 2 is 1.71 bits per heavy atom. The van der Waals surface area contributed by atoms with Crippen molar-refractivity contribution in [2.45, 2.75) is 81.1 Å². The van der Waals surface area contributed by atoms with Gasteiger partial charge in [0.25, 0.3) is 0 Å². The Hall–Kier alpha value is -3.08. The summed E-state index contributed by atoms with van der Waals surface area (Å²) >= 11 is 0. The van der Waals surface area contributed by atoms with Crippen molar-refractivity contribution in [3.63, 3.8) is 0 Å². The first kappa shape index (κ1) is 25.6. The molecule has 2 heterocycles. The van der Waals surface area contributed by atoms with Crippen LogP contribution in [0.25, 0.3) is 0 Å². The highest BCUT2D eigenvalue weighted by Gasteiger charge is 2.73. The Bertz CT molecular complexity index is 1430. The minimum Gasteiger partial charge on any atom is -0.485 e. The standard InChI is InChI=1S/C37H41NO3/c1-26-18-19-37(40-22-8-13-27-9-4-2-5-10-27)32-23-30-16-17-31(39-25-29-11-6-3-7-12-29)34-33(30)36(37,35(26)41-34)20-21-38(32)24-28-14-15-28/h2-7,9-12,16-17,28,32,35H,1,8,13-15,18-25H2/t32-,35+,36+,37?/m1/s1. The number of rotatable bonds is 10. The molecule has 4 nitrogen and oxygen atoms in total. The average molecular weight is 548 g/mol. The van der Waals surface area contributed by atoms with Gasteiger partial charge in [-0.25, -0.2) is 0 Å². The molecule has 0 radical (unpaired) electrons. The molecule has 3 fully saturated rings. The molecule has 2 bridgehead atoms. The lowest BCUT2D eigenvalue weighted by atomic mass is 9.48. The fourth-order valence-electron chi connectivity index (χ4n) is 8.67. The summed E-state index contributed by atoms with van der Waals surface area (Å²) in [7, 11) is 0. The number of likely N-dealkylation sites (tertiary alicyclic amines) is 1. The molecule has 0 amide bonds. The fourth-order valence-corrected chi connectivity index (χ4v) is 8.67. The molecule has 4 atom stereocenters. The topological polar surface area (TPSA) is 30.9 Å². The van der Waals surface area contributed by atoms with Crippen LogP contribution < -0.4 is 9.47 Å². The Kier molecular flexibility index (Phi) is 6.27. The molecule has 0 aromatic heterocycles. The van der Waals surface area contributed by atoms with E-state index in [0.29, 0.717) is 12.6 Å². The lowest BCUT2D eigenvalue weighted by molar-refractivity contribution is -0.207. The van der Waals surface area contributed by atoms with E-state index in [-0.39, 0.29) is 17.1 Å². The zero-order chi connectivity index (χ0) is 27.4. The summed E-state index contributed by atoms with van der Waals surface area (Å²) in [5, 5.41) is 0. The maximum Gasteiger partial charge on any atom is 0.166 e. The van der Waals surface area contributed by atoms with E-state index >= 15 is 0 Å². The highest BCUT2D eigenvalue weighted by Crippen LogP contribution is 2.67. The molecule has 1 saturated heterocycles. The largest absolute Gasteiger partial charge is 0.485 e. The van der Waals surface area contributed by atoms with Crippen LogP contribution in [0, 0.1) is 5.92 Å². The van der Waals surface area contributed by atoms with E-state index in [9.17, 15) is 0 Å². The summed E-state index contributed by atoms with van der Waals surface area (Å²) in [6, 6.07) is 26.1. The lowest BCUT2D eigenvalue weighted by Crippen LogP contribution is -2.76. The molecular formula is C37H41NO3. The Labute approximate surface area is 244 Å². The summed E-state index contributed by atoms with van der Waals surface area (Å²) in [6.07, 6.45) is 8.86. The van der Waals surface area contributed by atoms with Crippen molar-refractivity contribution < 1.29 is 14.2 Å². The van der Waals surface area contributed by atoms with Gasteiger partial charge in [0, 0.05) is 24.8 Å². The normalized spacial score (nSPS) is 29.6. The molecule has 1 unspecified atom stereocenters. The van der Waals surface area contributed by atoms with Gasteiger partial charge in [0.2, 0.25) is 0 Å². The highest BCUT2D eigenvalue weighted by molar-refractivity contribution is 5.64. The van der Waals surface area contributed by atoms with Crippen molar-refractivity contribution >= 4 is 0 Å². The monoisotopic (exact) mass is 547 g/mol. The van der Waals surface area contributed by atoms with Crippen LogP contribution in [-0.4, -0.2) is 42.3 Å². The lowest BCUT2D eigenvalue weighted by Gasteiger charge is -2.65. The maximum absolute atomic E-state index is 7.36. The zero-order valence-electron chi connectivity index (χ0n) is 24.0. The second-order valence-electron chi connectivity index (χ2n) is 13.1. The van der Waals surface area contributed by atoms with Gasteiger partial charge in [-0.05, 0) is 92.2 Å². The van der Waals surface area contributed by atoms with Gasteiger partial charge in [-0.15, -0.1) is 0 Å². The van der Waals surface area contributed by atoms with Crippen molar-refractivity contribution in [1.29, 1.82) is 0 Å². The molecule has 212 valence electrons. The van der Waals surface area contributed by atoms with E-state index in [2.05, 4.69) is 78.2 Å². The van der Waals surface area contributed by atoms with E-state index in [1.165, 1.54) is 47.2 Å². The third kappa shape index (κ3) is 4.09. The van der Waals surface area contributed by atoms with E-state index in [1.807, 2.05) is 6.07 Å². The molecule has 2 aliphatic heterocycles. The van der Waals surface area contributed by atoms with Gasteiger partial charge in [0.1, 0.15) is 12.7 Å². The summed E-state index contributed by atoms with van der Waals surface area (Å²) in [6.45, 7) is 8.23. The van der Waals surface area contributed by atoms with Crippen LogP contribution in [0.1, 0.15) is 60.8 Å². The molecule has 2 saturated carbocycles. The number of benzene rings is 3. The highest BCUT2D eigenvalue weighted by atomic mass is 16.5. The van der Waals surface area contributed by atoms with Crippen molar-refractivity contribution in [2.24, 2.45) is 5.92 Å². The molecule has 41 heavy (non-hydrogen) atoms. The van der Waals surface area contributed by atoms with E-state index in [1.54, 1.807) is 0 Å². The van der Waals surface area contributed by atoms with Crippen LogP contribution in [0.5, 0.6) is 11.5 Å². The second-order valence-corrected chi connectivity index (χ2v) is 13.1. The first-order valence-electron chi connectivity index (χ1n) is 15.8. The summed E-state index contributed by atoms with van der Waals surface area (Å²) < 4.78 is 20.9. The number of ether oxygens (including phenoxy) is 3. The van der Waals surface area contributed by atoms with Gasteiger partial charge in [0.05, 0.1) is 11.0 Å². The summed E-state index contributed by atoms with van der Waals surface area (Å²) in [5.41, 5.74) is 6.12. The van der Waals surface area contributed by atoms with Gasteiger partial charge in [-0.3, -0.25) is 4.90 Å². The molecule has 3 aromatic carbocycles. The summed E-state index contributed by atoms with van der Waals surface area (Å²) in [4.78, 5) is 2.81. The smallest absolute Gasteiger partial charge is 0.166 e. The van der Waals surface area contributed by atoms with Gasteiger partial charge in [-0.1, -0.05) is 73.3 Å². The Balaban J connectivity index is 1.17. The first-order chi connectivity index (χ1) is 20.2. The predicted octanol–water partition coefficient (Wildman–Crippen LogP) is 7.04. The maximum atomic E-state index is 7.36. The van der Waals surface area contributed by atoms with E-state index < -0.39 is 0 Å². The van der Waals surface area contributed by atoms with Crippen LogP contribution in [-0.2, 0) is 29.6 Å². The third-order valence-electron chi connectivity index (χ3n) is 10.7. The number of nitrogens with zero attached hydrogens (tertiary/aromatic N) is 1. The van der Waals surface area contributed by atoms with Crippen LogP contribution in [0.4, 0.5) is 0 Å². The third-order valence-corrected chi connectivity index (χ3v) is 10.7. The number of aryl methyl sites for hydroxylation is 1. The molecular weight excluding hydrogens is 506 g/mol. The Morgan fingerprint density at radius 3 is 2.49 bits per heavy atom. The van der Waals surface area contributed by atoms with E-state index in [0.717, 1.165) is 69.1 Å². The molecule has 3 aromatic rings. The molecule has 5 aliphatic rings. The van der Waals surface area contributed by atoms with Gasteiger partial charge < -0.3 is 14.2 Å². The zero-order valence-corrected chi connectivity index (χ0v) is 24.0. The first-order valence-corrected chi connectivity index (χ1v) is 15.8. The molecule has 3 aliphatic carbocycles. The van der Waals surface area contributed by atoms with Crippen molar-refractivity contribution in [3.05, 3.63) is 107 Å². The van der Waals surface area contributed by atoms with Crippen LogP contribution >= 0.6 is 0 Å². The van der Waals surface area contributed by atoms with Gasteiger partial charge >= 0.3 is 0 Å². The minimum absolute atomic E-state index is 0.0496. The molecule has 4 heteroatoms. The van der Waals surface area contributed by atoms with Crippen LogP contribution in [0.15, 0.2) is 84.9 Å². The average Bonchev–Trinajstić information content (AvgIpc) is 3.75. The molecule has 0 N–H and O–H groups in total. The number of piperidine rings is 1. The number of hydrogen-bond donors (Lipinski definition) is 0. The van der Waals surface area contributed by atoms with Gasteiger partial charge in [0.15, 0.2) is 11.5 Å². The van der Waals surface area contributed by atoms with Crippen LogP contribution in [0.3, 0.4) is 0 Å². The minimum atomic E-state index is -0.265. The Morgan fingerprint density at radius 1 is 0.927 bits per heavy atom. The predicted molar refractivity (Wildman–Crippen MR) is 162 cm³/mol. The van der Waals surface area contributed by atoms with E-state index in [4.69, 9.17) is 14.2 Å². The van der Waals surface area contributed by atoms with Crippen molar-refractivity contribution in [3.8, 4) is 11.5 Å². The molecule has 8 rings (SSSR count). The van der Waals surface area contributed by atoms with Crippen molar-refractivity contribution in [1.82, 2.24) is 4.90 Å². The summed E-state index contributed by atoms with van der Waals surface area (Å²) in [5.74, 6) is 2.68. The van der Waals surface area contributed by atoms with Crippen LogP contribution in [0.2, 0.25) is 0 Å².